The summed E-state index contributed by atoms with van der Waals surface area (Å²) in [4.78, 5) is 2.23. The number of hydrogen-bond donors (Lipinski definition) is 2. The maximum Gasteiger partial charge on any atom is 0.128 e. The lowest BCUT2D eigenvalue weighted by molar-refractivity contribution is 0.0562. The SMILES string of the molecule is CC(O)C1CCN(C(CN)c2ccccc2F)CC1. The average Bonchev–Trinajstić information content (AvgIpc) is 2.42. The first kappa shape index (κ1) is 14.4. The first-order valence-electron chi connectivity index (χ1n) is 7.00. The smallest absolute Gasteiger partial charge is 0.128 e. The number of nitrogens with two attached hydrogens (primary N) is 1. The predicted octanol–water partition coefficient (Wildman–Crippen LogP) is 1.92. The molecule has 0 saturated carbocycles. The van der Waals surface area contributed by atoms with Gasteiger partial charge < -0.3 is 10.8 Å². The molecule has 1 aliphatic heterocycles. The van der Waals surface area contributed by atoms with E-state index in [-0.39, 0.29) is 18.0 Å². The Morgan fingerprint density at radius 2 is 2.00 bits per heavy atom. The van der Waals surface area contributed by atoms with E-state index < -0.39 is 0 Å². The van der Waals surface area contributed by atoms with Crippen LogP contribution in [0.15, 0.2) is 24.3 Å². The summed E-state index contributed by atoms with van der Waals surface area (Å²) in [6.07, 6.45) is 1.64. The van der Waals surface area contributed by atoms with E-state index >= 15 is 0 Å². The third kappa shape index (κ3) is 3.32. The van der Waals surface area contributed by atoms with Crippen molar-refractivity contribution in [2.45, 2.75) is 31.9 Å². The molecule has 3 N–H and O–H groups in total. The van der Waals surface area contributed by atoms with Gasteiger partial charge in [0.05, 0.1) is 6.10 Å². The van der Waals surface area contributed by atoms with E-state index in [1.54, 1.807) is 6.07 Å². The summed E-state index contributed by atoms with van der Waals surface area (Å²) in [5, 5.41) is 9.62. The summed E-state index contributed by atoms with van der Waals surface area (Å²) >= 11 is 0. The zero-order valence-electron chi connectivity index (χ0n) is 11.4. The summed E-state index contributed by atoms with van der Waals surface area (Å²) in [5.41, 5.74) is 6.52. The quantitative estimate of drug-likeness (QED) is 0.875. The van der Waals surface area contributed by atoms with Crippen LogP contribution in [-0.2, 0) is 0 Å². The Morgan fingerprint density at radius 3 is 2.53 bits per heavy atom. The van der Waals surface area contributed by atoms with Crippen LogP contribution in [0.5, 0.6) is 0 Å². The number of halogens is 1. The molecule has 0 aliphatic carbocycles. The largest absolute Gasteiger partial charge is 0.393 e. The third-order valence-corrected chi connectivity index (χ3v) is 4.18. The van der Waals surface area contributed by atoms with Crippen LogP contribution in [0.4, 0.5) is 4.39 Å². The second kappa shape index (κ2) is 6.46. The van der Waals surface area contributed by atoms with Crippen LogP contribution in [0.3, 0.4) is 0 Å². The Bertz CT molecular complexity index is 403. The van der Waals surface area contributed by atoms with Gasteiger partial charge in [-0.2, -0.15) is 0 Å². The molecule has 4 heteroatoms. The standard InChI is InChI=1S/C15H23FN2O/c1-11(19)12-6-8-18(9-7-12)15(10-17)13-4-2-3-5-14(13)16/h2-5,11-12,15,19H,6-10,17H2,1H3. The number of aliphatic hydroxyl groups excluding tert-OH is 1. The van der Waals surface area contributed by atoms with Crippen LogP contribution in [0, 0.1) is 11.7 Å². The van der Waals surface area contributed by atoms with Crippen molar-refractivity contribution in [1.29, 1.82) is 0 Å². The topological polar surface area (TPSA) is 49.5 Å². The molecule has 1 saturated heterocycles. The van der Waals surface area contributed by atoms with Crippen LogP contribution in [0.2, 0.25) is 0 Å². The Labute approximate surface area is 114 Å². The second-order valence-corrected chi connectivity index (χ2v) is 5.39. The fourth-order valence-corrected chi connectivity index (χ4v) is 2.93. The van der Waals surface area contributed by atoms with Gasteiger partial charge in [0.1, 0.15) is 5.82 Å². The molecule has 2 rings (SSSR count). The van der Waals surface area contributed by atoms with Gasteiger partial charge >= 0.3 is 0 Å². The van der Waals surface area contributed by atoms with Gasteiger partial charge in [-0.3, -0.25) is 4.90 Å². The maximum atomic E-state index is 13.9. The molecule has 1 fully saturated rings. The number of aliphatic hydroxyl groups is 1. The number of hydrogen-bond acceptors (Lipinski definition) is 3. The Morgan fingerprint density at radius 1 is 1.37 bits per heavy atom. The van der Waals surface area contributed by atoms with Crippen molar-refractivity contribution in [2.24, 2.45) is 11.7 Å². The number of benzene rings is 1. The van der Waals surface area contributed by atoms with E-state index in [0.717, 1.165) is 25.9 Å². The van der Waals surface area contributed by atoms with E-state index in [1.807, 2.05) is 19.1 Å². The average molecular weight is 266 g/mol. The van der Waals surface area contributed by atoms with Crippen LogP contribution < -0.4 is 5.73 Å². The van der Waals surface area contributed by atoms with E-state index in [4.69, 9.17) is 5.73 Å². The van der Waals surface area contributed by atoms with Crippen LogP contribution >= 0.6 is 0 Å². The minimum absolute atomic E-state index is 0.0591. The van der Waals surface area contributed by atoms with Crippen molar-refractivity contribution in [3.63, 3.8) is 0 Å². The number of likely N-dealkylation sites (tertiary alicyclic amines) is 1. The Hall–Kier alpha value is -0.970. The predicted molar refractivity (Wildman–Crippen MR) is 74.2 cm³/mol. The van der Waals surface area contributed by atoms with Crippen molar-refractivity contribution >= 4 is 0 Å². The van der Waals surface area contributed by atoms with Crippen LogP contribution in [0.25, 0.3) is 0 Å². The number of piperidine rings is 1. The number of rotatable bonds is 4. The first-order chi connectivity index (χ1) is 9.13. The Balaban J connectivity index is 2.06. The van der Waals surface area contributed by atoms with Crippen molar-refractivity contribution < 1.29 is 9.50 Å². The van der Waals surface area contributed by atoms with Crippen molar-refractivity contribution in [3.05, 3.63) is 35.6 Å². The summed E-state index contributed by atoms with van der Waals surface area (Å²) in [7, 11) is 0. The number of nitrogens with zero attached hydrogens (tertiary/aromatic N) is 1. The molecule has 3 nitrogen and oxygen atoms in total. The van der Waals surface area contributed by atoms with Crippen molar-refractivity contribution in [3.8, 4) is 0 Å². The van der Waals surface area contributed by atoms with Gasteiger partial charge in [-0.25, -0.2) is 4.39 Å². The van der Waals surface area contributed by atoms with Gasteiger partial charge in [0.15, 0.2) is 0 Å². The normalized spacial score (nSPS) is 21.3. The molecule has 0 amide bonds. The van der Waals surface area contributed by atoms with Gasteiger partial charge in [-0.1, -0.05) is 18.2 Å². The van der Waals surface area contributed by atoms with E-state index in [9.17, 15) is 9.50 Å². The molecule has 19 heavy (non-hydrogen) atoms. The minimum atomic E-state index is -0.257. The molecule has 1 aliphatic rings. The molecule has 2 unspecified atom stereocenters. The lowest BCUT2D eigenvalue weighted by Gasteiger charge is -2.38. The zero-order valence-corrected chi connectivity index (χ0v) is 11.4. The maximum absolute atomic E-state index is 13.9. The molecule has 2 atom stereocenters. The lowest BCUT2D eigenvalue weighted by atomic mass is 9.90. The Kier molecular flexibility index (Phi) is 4.91. The molecule has 106 valence electrons. The first-order valence-corrected chi connectivity index (χ1v) is 7.00. The summed E-state index contributed by atoms with van der Waals surface area (Å²) in [6, 6.07) is 6.79. The van der Waals surface area contributed by atoms with Gasteiger partial charge in [-0.15, -0.1) is 0 Å². The van der Waals surface area contributed by atoms with Crippen LogP contribution in [-0.4, -0.2) is 35.7 Å². The molecule has 1 aromatic rings. The molecule has 0 bridgehead atoms. The highest BCUT2D eigenvalue weighted by Gasteiger charge is 2.28. The van der Waals surface area contributed by atoms with Crippen molar-refractivity contribution in [2.75, 3.05) is 19.6 Å². The highest BCUT2D eigenvalue weighted by Crippen LogP contribution is 2.28. The fourth-order valence-electron chi connectivity index (χ4n) is 2.93. The highest BCUT2D eigenvalue weighted by molar-refractivity contribution is 5.21. The van der Waals surface area contributed by atoms with Crippen LogP contribution in [0.1, 0.15) is 31.4 Å². The molecular formula is C15H23FN2O. The van der Waals surface area contributed by atoms with E-state index in [2.05, 4.69) is 4.90 Å². The van der Waals surface area contributed by atoms with Crippen molar-refractivity contribution in [1.82, 2.24) is 4.90 Å². The minimum Gasteiger partial charge on any atom is -0.393 e. The molecule has 1 heterocycles. The van der Waals surface area contributed by atoms with Gasteiger partial charge in [0.2, 0.25) is 0 Å². The van der Waals surface area contributed by atoms with E-state index in [1.165, 1.54) is 6.07 Å². The zero-order chi connectivity index (χ0) is 13.8. The fraction of sp³-hybridized carbons (Fsp3) is 0.600. The van der Waals surface area contributed by atoms with Gasteiger partial charge in [0, 0.05) is 18.2 Å². The molecule has 0 aromatic heterocycles. The van der Waals surface area contributed by atoms with E-state index in [0.29, 0.717) is 18.0 Å². The molecular weight excluding hydrogens is 243 g/mol. The molecule has 0 spiro atoms. The molecule has 1 aromatic carbocycles. The summed E-state index contributed by atoms with van der Waals surface area (Å²) in [6.45, 7) is 4.00. The summed E-state index contributed by atoms with van der Waals surface area (Å²) in [5.74, 6) is 0.172. The van der Waals surface area contributed by atoms with Gasteiger partial charge in [-0.05, 0) is 44.8 Å². The lowest BCUT2D eigenvalue weighted by Crippen LogP contribution is -2.42. The van der Waals surface area contributed by atoms with Gasteiger partial charge in [0.25, 0.3) is 0 Å². The summed E-state index contributed by atoms with van der Waals surface area (Å²) < 4.78 is 13.9. The second-order valence-electron chi connectivity index (χ2n) is 5.39. The third-order valence-electron chi connectivity index (χ3n) is 4.18. The highest BCUT2D eigenvalue weighted by atomic mass is 19.1. The molecule has 0 radical (unpaired) electrons. The monoisotopic (exact) mass is 266 g/mol.